The van der Waals surface area contributed by atoms with Crippen molar-refractivity contribution in [1.29, 1.82) is 0 Å². The van der Waals surface area contributed by atoms with Gasteiger partial charge in [0, 0.05) is 29.9 Å². The number of fused-ring (bicyclic) bond motifs is 2. The Hall–Kier alpha value is -4.97. The molecule has 0 bridgehead atoms. The molecule has 0 saturated heterocycles. The zero-order chi connectivity index (χ0) is 28.9. The van der Waals surface area contributed by atoms with E-state index in [1.807, 2.05) is 6.92 Å². The van der Waals surface area contributed by atoms with E-state index in [1.54, 1.807) is 41.1 Å². The second-order valence-electron chi connectivity index (χ2n) is 9.53. The fourth-order valence-electron chi connectivity index (χ4n) is 4.79. The van der Waals surface area contributed by atoms with Crippen LogP contribution in [0, 0.1) is 6.92 Å². The second-order valence-corrected chi connectivity index (χ2v) is 9.53. The van der Waals surface area contributed by atoms with E-state index in [1.165, 1.54) is 42.3 Å². The molecule has 10 nitrogen and oxygen atoms in total. The molecule has 1 aromatic heterocycles. The van der Waals surface area contributed by atoms with Crippen LogP contribution >= 0.6 is 0 Å². The number of halogens is 2. The molecule has 0 fully saturated rings. The summed E-state index contributed by atoms with van der Waals surface area (Å²) in [6, 6.07) is 17.1. The first-order valence-electron chi connectivity index (χ1n) is 12.5. The molecule has 0 radical (unpaired) electrons. The fraction of sp³-hybridized carbons (Fsp3) is 0.207. The van der Waals surface area contributed by atoms with Gasteiger partial charge in [-0.2, -0.15) is 5.10 Å². The zero-order valence-electron chi connectivity index (χ0n) is 21.8. The van der Waals surface area contributed by atoms with Crippen molar-refractivity contribution in [2.75, 3.05) is 18.6 Å². The third-order valence-corrected chi connectivity index (χ3v) is 6.84. The van der Waals surface area contributed by atoms with E-state index in [0.29, 0.717) is 29.3 Å². The number of hydrogen-bond donors (Lipinski definition) is 1. The fourth-order valence-corrected chi connectivity index (χ4v) is 4.79. The Kier molecular flexibility index (Phi) is 6.34. The Morgan fingerprint density at radius 1 is 1.05 bits per heavy atom. The summed E-state index contributed by atoms with van der Waals surface area (Å²) >= 11 is 0. The number of ether oxygens (including phenoxy) is 4. The van der Waals surface area contributed by atoms with Crippen LogP contribution in [0.1, 0.15) is 43.8 Å². The van der Waals surface area contributed by atoms with Gasteiger partial charge in [0.15, 0.2) is 17.6 Å². The maximum absolute atomic E-state index is 13.4. The predicted molar refractivity (Wildman–Crippen MR) is 140 cm³/mol. The molecule has 210 valence electrons. The van der Waals surface area contributed by atoms with Gasteiger partial charge in [-0.25, -0.2) is 9.48 Å². The predicted octanol–water partition coefficient (Wildman–Crippen LogP) is 5.13. The van der Waals surface area contributed by atoms with Crippen LogP contribution in [0.3, 0.4) is 0 Å². The van der Waals surface area contributed by atoms with E-state index < -0.39 is 18.4 Å². The number of carboxylic acid groups (broad SMARTS) is 1. The van der Waals surface area contributed by atoms with Gasteiger partial charge in [-0.3, -0.25) is 4.79 Å². The summed E-state index contributed by atoms with van der Waals surface area (Å²) in [5.41, 5.74) is 3.77. The Morgan fingerprint density at radius 3 is 2.56 bits per heavy atom. The molecule has 41 heavy (non-hydrogen) atoms. The molecule has 1 amide bonds. The summed E-state index contributed by atoms with van der Waals surface area (Å²) in [4.78, 5) is 25.9. The van der Waals surface area contributed by atoms with Crippen molar-refractivity contribution in [3.05, 3.63) is 94.8 Å². The lowest BCUT2D eigenvalue weighted by Gasteiger charge is -2.26. The molecular formula is C29H23F2N3O7. The normalized spacial score (nSPS) is 16.6. The number of carbonyl (C=O) groups is 2. The number of aromatic carboxylic acids is 1. The number of carboxylic acids is 1. The average Bonchev–Trinajstić information content (AvgIpc) is 3.47. The first-order chi connectivity index (χ1) is 19.6. The molecule has 2 aliphatic rings. The molecule has 3 aromatic carbocycles. The van der Waals surface area contributed by atoms with Gasteiger partial charge in [0.1, 0.15) is 5.75 Å². The second kappa shape index (κ2) is 9.89. The van der Waals surface area contributed by atoms with Crippen molar-refractivity contribution in [1.82, 2.24) is 9.78 Å². The van der Waals surface area contributed by atoms with Crippen LogP contribution in [-0.2, 0) is 11.3 Å². The maximum Gasteiger partial charge on any atom is 0.586 e. The first-order valence-corrected chi connectivity index (χ1v) is 12.5. The Balaban J connectivity index is 1.29. The monoisotopic (exact) mass is 563 g/mol. The van der Waals surface area contributed by atoms with Crippen LogP contribution in [0.15, 0.2) is 66.7 Å². The van der Waals surface area contributed by atoms with E-state index in [2.05, 4.69) is 9.47 Å². The van der Waals surface area contributed by atoms with Gasteiger partial charge in [-0.15, -0.1) is 8.78 Å². The summed E-state index contributed by atoms with van der Waals surface area (Å²) in [6.07, 6.45) is -4.31. The minimum Gasteiger partial charge on any atom is -0.482 e. The van der Waals surface area contributed by atoms with Crippen molar-refractivity contribution >= 4 is 17.6 Å². The van der Waals surface area contributed by atoms with E-state index in [9.17, 15) is 23.5 Å². The summed E-state index contributed by atoms with van der Waals surface area (Å²) in [6.45, 7) is 2.43. The highest BCUT2D eigenvalue weighted by Gasteiger charge is 2.43. The molecule has 0 spiro atoms. The number of alkyl halides is 2. The molecular weight excluding hydrogens is 540 g/mol. The third-order valence-electron chi connectivity index (χ3n) is 6.84. The van der Waals surface area contributed by atoms with Crippen LogP contribution in [-0.4, -0.2) is 46.7 Å². The van der Waals surface area contributed by atoms with Crippen LogP contribution in [0.25, 0.3) is 5.69 Å². The molecule has 6 rings (SSSR count). The van der Waals surface area contributed by atoms with Gasteiger partial charge in [0.05, 0.1) is 35.9 Å². The van der Waals surface area contributed by atoms with Crippen molar-refractivity contribution in [2.24, 2.45) is 0 Å². The number of amides is 1. The van der Waals surface area contributed by atoms with Crippen LogP contribution in [0.4, 0.5) is 14.5 Å². The van der Waals surface area contributed by atoms with Crippen molar-refractivity contribution in [3.63, 3.8) is 0 Å². The number of aromatic nitrogens is 2. The van der Waals surface area contributed by atoms with Gasteiger partial charge >= 0.3 is 12.3 Å². The molecule has 1 atom stereocenters. The molecule has 0 unspecified atom stereocenters. The lowest BCUT2D eigenvalue weighted by Crippen LogP contribution is -2.27. The van der Waals surface area contributed by atoms with Gasteiger partial charge in [0.2, 0.25) is 0 Å². The number of hydrogen-bond acceptors (Lipinski definition) is 7. The molecule has 3 heterocycles. The molecule has 1 N–H and O–H groups in total. The van der Waals surface area contributed by atoms with Gasteiger partial charge in [0.25, 0.3) is 5.91 Å². The summed E-state index contributed by atoms with van der Waals surface area (Å²) in [7, 11) is 1.53. The van der Waals surface area contributed by atoms with E-state index in [4.69, 9.17) is 14.6 Å². The number of nitrogens with zero attached hydrogens (tertiary/aromatic N) is 3. The van der Waals surface area contributed by atoms with E-state index >= 15 is 0 Å². The zero-order valence-corrected chi connectivity index (χ0v) is 21.8. The number of benzene rings is 3. The van der Waals surface area contributed by atoms with E-state index in [0.717, 1.165) is 17.0 Å². The van der Waals surface area contributed by atoms with Crippen molar-refractivity contribution in [3.8, 4) is 22.9 Å². The average molecular weight is 564 g/mol. The quantitative estimate of drug-likeness (QED) is 0.344. The van der Waals surface area contributed by atoms with Crippen LogP contribution in [0.5, 0.6) is 17.2 Å². The molecule has 12 heteroatoms. The van der Waals surface area contributed by atoms with E-state index in [-0.39, 0.29) is 29.6 Å². The molecule has 2 aliphatic heterocycles. The standard InChI is InChI=1S/C29H23F2N3O7/c1-16-22-14-38-15-25(39-21-9-6-17(7-10-21)28(36)37)26(22)34(32-16)20-5-3-4-18(12-20)27(35)33(2)19-8-11-23-24(13-19)41-29(30,31)40-23/h3-13,25H,14-15H2,1-2H3,(H,36,37)/t25-/m0/s1. The third kappa shape index (κ3) is 4.93. The number of aryl methyl sites for hydroxylation is 1. The minimum atomic E-state index is -3.76. The minimum absolute atomic E-state index is 0.112. The van der Waals surface area contributed by atoms with Crippen LogP contribution in [0.2, 0.25) is 0 Å². The topological polar surface area (TPSA) is 112 Å². The highest BCUT2D eigenvalue weighted by Crippen LogP contribution is 2.43. The molecule has 0 saturated carbocycles. The van der Waals surface area contributed by atoms with Crippen molar-refractivity contribution < 1.29 is 42.4 Å². The highest BCUT2D eigenvalue weighted by molar-refractivity contribution is 6.06. The Bertz CT molecular complexity index is 1670. The van der Waals surface area contributed by atoms with Crippen LogP contribution < -0.4 is 19.1 Å². The molecule has 4 aromatic rings. The highest BCUT2D eigenvalue weighted by atomic mass is 19.3. The maximum atomic E-state index is 13.4. The Morgan fingerprint density at radius 2 is 1.80 bits per heavy atom. The first kappa shape index (κ1) is 26.3. The lowest BCUT2D eigenvalue weighted by molar-refractivity contribution is -0.286. The number of rotatable bonds is 6. The largest absolute Gasteiger partial charge is 0.586 e. The van der Waals surface area contributed by atoms with Crippen molar-refractivity contribution in [2.45, 2.75) is 25.9 Å². The van der Waals surface area contributed by atoms with Gasteiger partial charge in [-0.1, -0.05) is 6.07 Å². The SMILES string of the molecule is Cc1nn(-c2cccc(C(=O)N(C)c3ccc4c(c3)OC(F)(F)O4)c2)c2c1COC[C@@H]2Oc1ccc(C(=O)O)cc1. The number of anilines is 1. The van der Waals surface area contributed by atoms with Gasteiger partial charge < -0.3 is 29.0 Å². The molecule has 0 aliphatic carbocycles. The number of carbonyl (C=O) groups excluding carboxylic acids is 1. The van der Waals surface area contributed by atoms with Gasteiger partial charge in [-0.05, 0) is 61.5 Å². The smallest absolute Gasteiger partial charge is 0.482 e. The summed E-state index contributed by atoms with van der Waals surface area (Å²) in [5.74, 6) is -1.23. The lowest BCUT2D eigenvalue weighted by atomic mass is 10.1. The summed E-state index contributed by atoms with van der Waals surface area (Å²) < 4.78 is 49.5. The Labute approximate surface area is 232 Å². The summed E-state index contributed by atoms with van der Waals surface area (Å²) in [5, 5.41) is 13.9.